The molecule has 0 fully saturated rings. The number of amides is 2. The molecule has 7 heteroatoms. The van der Waals surface area contributed by atoms with Crippen LogP contribution < -0.4 is 5.32 Å². The van der Waals surface area contributed by atoms with Crippen LogP contribution in [-0.4, -0.2) is 27.0 Å². The fourth-order valence-corrected chi connectivity index (χ4v) is 2.58. The van der Waals surface area contributed by atoms with Crippen molar-refractivity contribution >= 4 is 28.7 Å². The molecule has 2 heterocycles. The molecule has 1 aliphatic heterocycles. The average Bonchev–Trinajstić information content (AvgIpc) is 2.73. The molecule has 0 unspecified atom stereocenters. The van der Waals surface area contributed by atoms with Crippen molar-refractivity contribution < 1.29 is 9.59 Å². The third kappa shape index (κ3) is 2.67. The fourth-order valence-electron chi connectivity index (χ4n) is 1.48. The van der Waals surface area contributed by atoms with Crippen LogP contribution >= 0.6 is 11.8 Å². The standard InChI is InChI=1S/C11H12N4O2S/c1-7(16)13-11-14-15(8(2)17)10(18-11)9-5-3-4-6-12-9/h3-6,10H,1-2H3,(H,13,14,16)/t10-/m0/s1. The molecular weight excluding hydrogens is 252 g/mol. The summed E-state index contributed by atoms with van der Waals surface area (Å²) in [6.07, 6.45) is 1.66. The van der Waals surface area contributed by atoms with Crippen LogP contribution in [0.3, 0.4) is 0 Å². The summed E-state index contributed by atoms with van der Waals surface area (Å²) in [6.45, 7) is 2.83. The quantitative estimate of drug-likeness (QED) is 0.823. The molecule has 1 N–H and O–H groups in total. The fraction of sp³-hybridized carbons (Fsp3) is 0.273. The number of carbonyl (C=O) groups excluding carboxylic acids is 2. The topological polar surface area (TPSA) is 74.7 Å². The zero-order valence-corrected chi connectivity index (χ0v) is 10.8. The van der Waals surface area contributed by atoms with E-state index in [0.717, 1.165) is 5.69 Å². The van der Waals surface area contributed by atoms with E-state index < -0.39 is 0 Å². The SMILES string of the molecule is CC(=O)NC1=NN(C(C)=O)[C@H](c2ccccn2)S1. The second kappa shape index (κ2) is 5.18. The lowest BCUT2D eigenvalue weighted by Gasteiger charge is -2.17. The lowest BCUT2D eigenvalue weighted by atomic mass is 10.3. The van der Waals surface area contributed by atoms with Crippen LogP contribution in [0.5, 0.6) is 0 Å². The number of carbonyl (C=O) groups is 2. The summed E-state index contributed by atoms with van der Waals surface area (Å²) in [6, 6.07) is 5.47. The number of thioether (sulfide) groups is 1. The second-order valence-electron chi connectivity index (χ2n) is 3.67. The molecule has 1 atom stereocenters. The van der Waals surface area contributed by atoms with Gasteiger partial charge >= 0.3 is 0 Å². The Labute approximate surface area is 108 Å². The average molecular weight is 264 g/mol. The van der Waals surface area contributed by atoms with Crippen molar-refractivity contribution in [3.63, 3.8) is 0 Å². The Morgan fingerprint density at radius 3 is 2.72 bits per heavy atom. The zero-order valence-electron chi connectivity index (χ0n) is 9.95. The van der Waals surface area contributed by atoms with Gasteiger partial charge in [0.15, 0.2) is 10.5 Å². The van der Waals surface area contributed by atoms with Crippen LogP contribution in [0.1, 0.15) is 24.9 Å². The minimum atomic E-state index is -0.328. The van der Waals surface area contributed by atoms with Crippen molar-refractivity contribution in [2.24, 2.45) is 5.10 Å². The van der Waals surface area contributed by atoms with Crippen LogP contribution in [-0.2, 0) is 9.59 Å². The number of rotatable bonds is 1. The summed E-state index contributed by atoms with van der Waals surface area (Å²) in [4.78, 5) is 26.7. The molecule has 2 amide bonds. The Bertz CT molecular complexity index is 503. The first kappa shape index (κ1) is 12.6. The highest BCUT2D eigenvalue weighted by Crippen LogP contribution is 2.37. The van der Waals surface area contributed by atoms with Crippen LogP contribution in [0.15, 0.2) is 29.5 Å². The van der Waals surface area contributed by atoms with E-state index >= 15 is 0 Å². The minimum absolute atomic E-state index is 0.196. The van der Waals surface area contributed by atoms with Gasteiger partial charge < -0.3 is 5.32 Å². The molecule has 0 saturated carbocycles. The number of amidine groups is 1. The molecule has 0 spiro atoms. The molecule has 6 nitrogen and oxygen atoms in total. The number of pyridine rings is 1. The van der Waals surface area contributed by atoms with Gasteiger partial charge in [-0.3, -0.25) is 14.6 Å². The Kier molecular flexibility index (Phi) is 3.61. The first-order valence-electron chi connectivity index (χ1n) is 5.31. The van der Waals surface area contributed by atoms with Gasteiger partial charge in [0.2, 0.25) is 11.8 Å². The zero-order chi connectivity index (χ0) is 13.1. The number of hydrazone groups is 1. The van der Waals surface area contributed by atoms with Crippen molar-refractivity contribution in [1.29, 1.82) is 0 Å². The lowest BCUT2D eigenvalue weighted by Crippen LogP contribution is -2.25. The predicted molar refractivity (Wildman–Crippen MR) is 68.3 cm³/mol. The first-order chi connectivity index (χ1) is 8.58. The van der Waals surface area contributed by atoms with Gasteiger partial charge in [-0.05, 0) is 12.1 Å². The van der Waals surface area contributed by atoms with Crippen LogP contribution in [0.4, 0.5) is 0 Å². The van der Waals surface area contributed by atoms with Crippen molar-refractivity contribution in [2.45, 2.75) is 19.2 Å². The van der Waals surface area contributed by atoms with Gasteiger partial charge in [0.05, 0.1) is 5.69 Å². The molecule has 0 radical (unpaired) electrons. The van der Waals surface area contributed by atoms with Crippen LogP contribution in [0, 0.1) is 0 Å². The molecule has 0 aliphatic carbocycles. The van der Waals surface area contributed by atoms with E-state index in [1.54, 1.807) is 12.3 Å². The molecule has 0 bridgehead atoms. The van der Waals surface area contributed by atoms with Gasteiger partial charge in [0.25, 0.3) is 0 Å². The molecule has 94 valence electrons. The van der Waals surface area contributed by atoms with Crippen LogP contribution in [0.2, 0.25) is 0 Å². The molecule has 1 aromatic rings. The maximum Gasteiger partial charge on any atom is 0.241 e. The number of hydrogen-bond acceptors (Lipinski definition) is 5. The lowest BCUT2D eigenvalue weighted by molar-refractivity contribution is -0.129. The number of nitrogens with zero attached hydrogens (tertiary/aromatic N) is 3. The highest BCUT2D eigenvalue weighted by Gasteiger charge is 2.32. The Hall–Kier alpha value is -1.89. The van der Waals surface area contributed by atoms with Crippen molar-refractivity contribution in [3.05, 3.63) is 30.1 Å². The minimum Gasteiger partial charge on any atom is -0.304 e. The Balaban J connectivity index is 2.23. The molecule has 0 aromatic carbocycles. The smallest absolute Gasteiger partial charge is 0.241 e. The van der Waals surface area contributed by atoms with E-state index in [0.29, 0.717) is 5.17 Å². The molecule has 2 rings (SSSR count). The molecule has 1 aromatic heterocycles. The summed E-state index contributed by atoms with van der Waals surface area (Å²) in [5, 5.41) is 8.06. The molecule has 1 aliphatic rings. The summed E-state index contributed by atoms with van der Waals surface area (Å²) in [7, 11) is 0. The highest BCUT2D eigenvalue weighted by atomic mass is 32.2. The predicted octanol–water partition coefficient (Wildman–Crippen LogP) is 1.08. The molecule has 0 saturated heterocycles. The van der Waals surface area contributed by atoms with E-state index in [9.17, 15) is 9.59 Å². The van der Waals surface area contributed by atoms with Crippen LogP contribution in [0.25, 0.3) is 0 Å². The van der Waals surface area contributed by atoms with E-state index in [1.807, 2.05) is 12.1 Å². The monoisotopic (exact) mass is 264 g/mol. The third-order valence-electron chi connectivity index (χ3n) is 2.19. The van der Waals surface area contributed by atoms with Crippen molar-refractivity contribution in [2.75, 3.05) is 0 Å². The van der Waals surface area contributed by atoms with E-state index in [-0.39, 0.29) is 17.2 Å². The van der Waals surface area contributed by atoms with E-state index in [2.05, 4.69) is 15.4 Å². The van der Waals surface area contributed by atoms with Gasteiger partial charge in [-0.25, -0.2) is 5.01 Å². The van der Waals surface area contributed by atoms with Gasteiger partial charge in [0.1, 0.15) is 0 Å². The Morgan fingerprint density at radius 1 is 1.39 bits per heavy atom. The van der Waals surface area contributed by atoms with Gasteiger partial charge in [-0.1, -0.05) is 17.8 Å². The third-order valence-corrected chi connectivity index (χ3v) is 3.26. The summed E-state index contributed by atoms with van der Waals surface area (Å²) < 4.78 is 0. The van der Waals surface area contributed by atoms with Crippen molar-refractivity contribution in [1.82, 2.24) is 15.3 Å². The summed E-state index contributed by atoms with van der Waals surface area (Å²) in [5.41, 5.74) is 0.724. The van der Waals surface area contributed by atoms with E-state index in [1.165, 1.54) is 30.6 Å². The maximum atomic E-state index is 11.5. The second-order valence-corrected chi connectivity index (χ2v) is 4.74. The van der Waals surface area contributed by atoms with Crippen molar-refractivity contribution in [3.8, 4) is 0 Å². The van der Waals surface area contributed by atoms with Gasteiger partial charge in [0, 0.05) is 20.0 Å². The van der Waals surface area contributed by atoms with E-state index in [4.69, 9.17) is 0 Å². The highest BCUT2D eigenvalue weighted by molar-refractivity contribution is 8.14. The maximum absolute atomic E-state index is 11.5. The summed E-state index contributed by atoms with van der Waals surface area (Å²) >= 11 is 1.29. The van der Waals surface area contributed by atoms with Gasteiger partial charge in [-0.15, -0.1) is 5.10 Å². The molecule has 18 heavy (non-hydrogen) atoms. The number of nitrogens with one attached hydrogen (secondary N) is 1. The summed E-state index contributed by atoms with van der Waals surface area (Å²) in [5.74, 6) is -0.412. The first-order valence-corrected chi connectivity index (χ1v) is 6.19. The largest absolute Gasteiger partial charge is 0.304 e. The van der Waals surface area contributed by atoms with Gasteiger partial charge in [-0.2, -0.15) is 0 Å². The number of hydrogen-bond donors (Lipinski definition) is 1. The molecular formula is C11H12N4O2S. The normalized spacial score (nSPS) is 18.4. The Morgan fingerprint density at radius 2 is 2.17 bits per heavy atom. The number of aromatic nitrogens is 1.